The minimum Gasteiger partial charge on any atom is -0.361 e. The number of hydrogen-bond donors (Lipinski definition) is 0. The Morgan fingerprint density at radius 2 is 2.10 bits per heavy atom. The van der Waals surface area contributed by atoms with Gasteiger partial charge >= 0.3 is 0 Å². The third-order valence-corrected chi connectivity index (χ3v) is 6.77. The molecule has 1 aromatic heterocycles. The van der Waals surface area contributed by atoms with Crippen molar-refractivity contribution in [1.82, 2.24) is 9.97 Å². The van der Waals surface area contributed by atoms with Crippen LogP contribution in [0.4, 0.5) is 11.5 Å². The number of carbonyl (C=O) groups excluding carboxylic acids is 1. The van der Waals surface area contributed by atoms with Gasteiger partial charge in [-0.1, -0.05) is 41.5 Å². The van der Waals surface area contributed by atoms with Crippen molar-refractivity contribution in [2.45, 2.75) is 35.4 Å². The van der Waals surface area contributed by atoms with Crippen LogP contribution in [0.5, 0.6) is 0 Å². The van der Waals surface area contributed by atoms with Gasteiger partial charge in [-0.25, -0.2) is 15.0 Å². The molecule has 1 fully saturated rings. The van der Waals surface area contributed by atoms with Crippen molar-refractivity contribution in [2.24, 2.45) is 10.4 Å². The smallest absolute Gasteiger partial charge is 0.158 e. The normalized spacial score (nSPS) is 26.7. The Hall–Kier alpha value is -0.950. The summed E-state index contributed by atoms with van der Waals surface area (Å²) in [5, 5.41) is 0.565. The largest absolute Gasteiger partial charge is 0.361 e. The SMILES string of the molecule is CN(C)c1ncnc2c1N=C1C(S2)C(=O)CC(C)(C)C1Br. The predicted molar refractivity (Wildman–Crippen MR) is 89.2 cm³/mol. The van der Waals surface area contributed by atoms with Crippen molar-refractivity contribution in [3.8, 4) is 0 Å². The van der Waals surface area contributed by atoms with Gasteiger partial charge < -0.3 is 4.90 Å². The van der Waals surface area contributed by atoms with Crippen molar-refractivity contribution in [3.63, 3.8) is 0 Å². The van der Waals surface area contributed by atoms with E-state index in [0.717, 1.165) is 22.2 Å². The van der Waals surface area contributed by atoms with E-state index in [4.69, 9.17) is 4.99 Å². The summed E-state index contributed by atoms with van der Waals surface area (Å²) < 4.78 is 0. The summed E-state index contributed by atoms with van der Waals surface area (Å²) in [6.45, 7) is 4.19. The van der Waals surface area contributed by atoms with E-state index in [0.29, 0.717) is 6.42 Å². The fourth-order valence-corrected chi connectivity index (χ4v) is 4.48. The van der Waals surface area contributed by atoms with Crippen molar-refractivity contribution in [2.75, 3.05) is 19.0 Å². The molecular weight excluding hydrogens is 352 g/mol. The maximum Gasteiger partial charge on any atom is 0.158 e. The highest BCUT2D eigenvalue weighted by Gasteiger charge is 2.47. The number of hydrogen-bond acceptors (Lipinski definition) is 6. The Morgan fingerprint density at radius 3 is 2.76 bits per heavy atom. The van der Waals surface area contributed by atoms with E-state index in [1.165, 1.54) is 18.1 Å². The molecule has 0 bridgehead atoms. The number of carbonyl (C=O) groups is 1. The number of aromatic nitrogens is 2. The van der Waals surface area contributed by atoms with Crippen LogP contribution >= 0.6 is 27.7 Å². The number of rotatable bonds is 1. The van der Waals surface area contributed by atoms with E-state index in [1.54, 1.807) is 0 Å². The van der Waals surface area contributed by atoms with Crippen LogP contribution < -0.4 is 4.90 Å². The maximum absolute atomic E-state index is 12.4. The molecule has 0 N–H and O–H groups in total. The van der Waals surface area contributed by atoms with Crippen molar-refractivity contribution < 1.29 is 4.79 Å². The van der Waals surface area contributed by atoms with Gasteiger partial charge in [0.05, 0.1) is 10.5 Å². The van der Waals surface area contributed by atoms with Crippen LogP contribution in [0.15, 0.2) is 16.3 Å². The Morgan fingerprint density at radius 1 is 1.38 bits per heavy atom. The zero-order valence-corrected chi connectivity index (χ0v) is 14.8. The van der Waals surface area contributed by atoms with Crippen molar-refractivity contribution in [3.05, 3.63) is 6.33 Å². The lowest BCUT2D eigenvalue weighted by Crippen LogP contribution is -2.49. The highest BCUT2D eigenvalue weighted by atomic mass is 79.9. The summed E-state index contributed by atoms with van der Waals surface area (Å²) in [5.74, 6) is 1.02. The lowest BCUT2D eigenvalue weighted by molar-refractivity contribution is -0.119. The van der Waals surface area contributed by atoms with E-state index in [2.05, 4.69) is 39.7 Å². The minimum atomic E-state index is -0.222. The monoisotopic (exact) mass is 368 g/mol. The lowest BCUT2D eigenvalue weighted by atomic mass is 9.75. The quantitative estimate of drug-likeness (QED) is 0.563. The molecule has 21 heavy (non-hydrogen) atoms. The number of aliphatic imine (C=N–C) groups is 1. The van der Waals surface area contributed by atoms with E-state index in [1.807, 2.05) is 19.0 Å². The summed E-state index contributed by atoms with van der Waals surface area (Å²) in [4.78, 5) is 27.8. The average molecular weight is 369 g/mol. The second-order valence-electron chi connectivity index (χ2n) is 6.27. The van der Waals surface area contributed by atoms with Gasteiger partial charge in [0.2, 0.25) is 0 Å². The van der Waals surface area contributed by atoms with Gasteiger partial charge in [0, 0.05) is 20.5 Å². The van der Waals surface area contributed by atoms with E-state index < -0.39 is 0 Å². The molecule has 2 atom stereocenters. The molecule has 1 aliphatic heterocycles. The second-order valence-corrected chi connectivity index (χ2v) is 8.28. The molecule has 0 spiro atoms. The number of ketones is 1. The molecule has 2 aliphatic rings. The number of halogens is 1. The molecule has 0 aromatic carbocycles. The Bertz CT molecular complexity index is 644. The molecule has 1 saturated carbocycles. The zero-order chi connectivity index (χ0) is 15.4. The predicted octanol–water partition coefficient (Wildman–Crippen LogP) is 2.85. The first-order valence-corrected chi connectivity index (χ1v) is 8.55. The van der Waals surface area contributed by atoms with Gasteiger partial charge in [0.1, 0.15) is 22.3 Å². The summed E-state index contributed by atoms with van der Waals surface area (Å²) in [6.07, 6.45) is 2.09. The highest BCUT2D eigenvalue weighted by molar-refractivity contribution is 9.10. The van der Waals surface area contributed by atoms with Gasteiger partial charge in [0.15, 0.2) is 11.6 Å². The fourth-order valence-electron chi connectivity index (χ4n) is 2.68. The summed E-state index contributed by atoms with van der Waals surface area (Å²) in [7, 11) is 3.86. The highest BCUT2D eigenvalue weighted by Crippen LogP contribution is 2.48. The van der Waals surface area contributed by atoms with Crippen LogP contribution in [0.3, 0.4) is 0 Å². The molecule has 2 heterocycles. The van der Waals surface area contributed by atoms with Crippen LogP contribution in [0.25, 0.3) is 0 Å². The molecule has 1 aliphatic carbocycles. The van der Waals surface area contributed by atoms with Crippen LogP contribution in [-0.4, -0.2) is 45.6 Å². The van der Waals surface area contributed by atoms with Crippen LogP contribution in [-0.2, 0) is 4.79 Å². The standard InChI is InChI=1S/C14H17BrN4OS/c1-14(2)5-7(20)10-8(11(14)15)18-9-12(19(3)4)16-6-17-13(9)21-10/h6,10-11H,5H2,1-4H3. The number of Topliss-reactive ketones (excluding diaryl/α,β-unsaturated/α-hetero) is 1. The number of thioether (sulfide) groups is 1. The Labute approximate surface area is 136 Å². The lowest BCUT2D eigenvalue weighted by Gasteiger charge is -2.40. The van der Waals surface area contributed by atoms with Gasteiger partial charge in [-0.3, -0.25) is 4.79 Å². The van der Waals surface area contributed by atoms with Crippen LogP contribution in [0.1, 0.15) is 20.3 Å². The Kier molecular flexibility index (Phi) is 3.60. The van der Waals surface area contributed by atoms with Crippen LogP contribution in [0, 0.1) is 5.41 Å². The van der Waals surface area contributed by atoms with Gasteiger partial charge in [-0.2, -0.15) is 0 Å². The summed E-state index contributed by atoms with van der Waals surface area (Å²) >= 11 is 5.24. The molecule has 0 radical (unpaired) electrons. The average Bonchev–Trinajstić information content (AvgIpc) is 2.42. The van der Waals surface area contributed by atoms with E-state index in [9.17, 15) is 4.79 Å². The van der Waals surface area contributed by atoms with Gasteiger partial charge in [-0.05, 0) is 5.41 Å². The molecule has 112 valence electrons. The molecule has 3 rings (SSSR count). The molecule has 7 heteroatoms. The van der Waals surface area contributed by atoms with Gasteiger partial charge in [0.25, 0.3) is 0 Å². The molecule has 0 saturated heterocycles. The first kappa shape index (κ1) is 15.0. The molecule has 5 nitrogen and oxygen atoms in total. The van der Waals surface area contributed by atoms with Crippen molar-refractivity contribution in [1.29, 1.82) is 0 Å². The number of alkyl halides is 1. The molecule has 0 amide bonds. The summed E-state index contributed by atoms with van der Waals surface area (Å²) in [6, 6.07) is 0. The van der Waals surface area contributed by atoms with Crippen molar-refractivity contribution >= 4 is 50.7 Å². The number of fused-ring (bicyclic) bond motifs is 2. The molecule has 1 aromatic rings. The summed E-state index contributed by atoms with van der Waals surface area (Å²) in [5.41, 5.74) is 1.54. The zero-order valence-electron chi connectivity index (χ0n) is 12.4. The van der Waals surface area contributed by atoms with Crippen LogP contribution in [0.2, 0.25) is 0 Å². The first-order chi connectivity index (χ1) is 9.81. The first-order valence-electron chi connectivity index (χ1n) is 6.75. The van der Waals surface area contributed by atoms with E-state index >= 15 is 0 Å². The number of anilines is 1. The third kappa shape index (κ3) is 2.40. The topological polar surface area (TPSA) is 58.5 Å². The number of nitrogens with zero attached hydrogens (tertiary/aromatic N) is 4. The fraction of sp³-hybridized carbons (Fsp3) is 0.571. The molecular formula is C14H17BrN4OS. The maximum atomic E-state index is 12.4. The second kappa shape index (κ2) is 5.05. The third-order valence-electron chi connectivity index (χ3n) is 3.80. The molecule has 2 unspecified atom stereocenters. The minimum absolute atomic E-state index is 0.0866. The Balaban J connectivity index is 2.15. The van der Waals surface area contributed by atoms with E-state index in [-0.39, 0.29) is 21.3 Å². The van der Waals surface area contributed by atoms with Gasteiger partial charge in [-0.15, -0.1) is 0 Å².